The van der Waals surface area contributed by atoms with Crippen molar-refractivity contribution in [1.29, 1.82) is 0 Å². The molecule has 1 aliphatic rings. The molecule has 1 aromatic carbocycles. The van der Waals surface area contributed by atoms with Crippen LogP contribution in [0.25, 0.3) is 0 Å². The van der Waals surface area contributed by atoms with E-state index in [1.807, 2.05) is 0 Å². The summed E-state index contributed by atoms with van der Waals surface area (Å²) in [4.78, 5) is 23.2. The lowest BCUT2D eigenvalue weighted by Gasteiger charge is -2.21. The van der Waals surface area contributed by atoms with Crippen LogP contribution < -0.4 is 5.32 Å². The summed E-state index contributed by atoms with van der Waals surface area (Å²) < 4.78 is 12.9. The predicted molar refractivity (Wildman–Crippen MR) is 68.6 cm³/mol. The minimum atomic E-state index is -1.35. The minimum absolute atomic E-state index is 0.391. The van der Waals surface area contributed by atoms with E-state index in [1.165, 1.54) is 31.2 Å². The lowest BCUT2D eigenvalue weighted by molar-refractivity contribution is -0.145. The van der Waals surface area contributed by atoms with Gasteiger partial charge < -0.3 is 15.5 Å². The number of nitrogens with one attached hydrogen (secondary N) is 1. The number of rotatable bonds is 5. The van der Waals surface area contributed by atoms with Crippen LogP contribution in [0.3, 0.4) is 0 Å². The highest BCUT2D eigenvalue weighted by atomic mass is 19.1. The van der Waals surface area contributed by atoms with Gasteiger partial charge in [0.2, 0.25) is 5.91 Å². The van der Waals surface area contributed by atoms with E-state index in [2.05, 4.69) is 5.32 Å². The van der Waals surface area contributed by atoms with E-state index in [1.54, 1.807) is 0 Å². The third kappa shape index (κ3) is 2.65. The molecule has 1 aromatic rings. The predicted octanol–water partition coefficient (Wildman–Crippen LogP) is 0.807. The first-order valence-electron chi connectivity index (χ1n) is 6.35. The van der Waals surface area contributed by atoms with Crippen LogP contribution >= 0.6 is 0 Å². The molecule has 0 heterocycles. The van der Waals surface area contributed by atoms with Crippen LogP contribution in [0.4, 0.5) is 4.39 Å². The lowest BCUT2D eigenvalue weighted by Crippen LogP contribution is -2.50. The first kappa shape index (κ1) is 14.5. The second-order valence-electron chi connectivity index (χ2n) is 5.12. The summed E-state index contributed by atoms with van der Waals surface area (Å²) in [7, 11) is 0. The van der Waals surface area contributed by atoms with E-state index in [4.69, 9.17) is 5.11 Å². The standard InChI is InChI=1S/C14H16FNO4/c1-8(17)11(12(18)19)16-13(20)14(6-7-14)9-2-4-10(15)5-3-9/h2-5,8,11,17H,6-7H2,1H3,(H,16,20)(H,18,19). The van der Waals surface area contributed by atoms with Crippen molar-refractivity contribution in [3.63, 3.8) is 0 Å². The van der Waals surface area contributed by atoms with Crippen molar-refractivity contribution < 1.29 is 24.2 Å². The summed E-state index contributed by atoms with van der Waals surface area (Å²) in [6, 6.07) is 4.25. The number of carboxylic acid groups (broad SMARTS) is 1. The topological polar surface area (TPSA) is 86.6 Å². The largest absolute Gasteiger partial charge is 0.480 e. The van der Waals surface area contributed by atoms with Crippen molar-refractivity contribution in [1.82, 2.24) is 5.32 Å². The fourth-order valence-corrected chi connectivity index (χ4v) is 2.21. The number of carbonyl (C=O) groups excluding carboxylic acids is 1. The summed E-state index contributed by atoms with van der Waals surface area (Å²) in [6.45, 7) is 1.30. The molecule has 1 amide bonds. The van der Waals surface area contributed by atoms with Crippen molar-refractivity contribution in [2.24, 2.45) is 0 Å². The summed E-state index contributed by atoms with van der Waals surface area (Å²) in [5.41, 5.74) is -0.137. The molecule has 2 atom stereocenters. The zero-order valence-electron chi connectivity index (χ0n) is 11.0. The number of aliphatic hydroxyl groups excluding tert-OH is 1. The fraction of sp³-hybridized carbons (Fsp3) is 0.429. The van der Waals surface area contributed by atoms with Gasteiger partial charge in [0.25, 0.3) is 0 Å². The van der Waals surface area contributed by atoms with Crippen molar-refractivity contribution in [3.8, 4) is 0 Å². The number of carbonyl (C=O) groups is 2. The number of amides is 1. The summed E-state index contributed by atoms with van der Waals surface area (Å²) in [5.74, 6) is -2.13. The quantitative estimate of drug-likeness (QED) is 0.745. The van der Waals surface area contributed by atoms with Crippen molar-refractivity contribution in [2.45, 2.75) is 37.3 Å². The molecule has 1 fully saturated rings. The first-order valence-corrected chi connectivity index (χ1v) is 6.35. The Balaban J connectivity index is 2.16. The van der Waals surface area contributed by atoms with E-state index in [0.29, 0.717) is 18.4 Å². The third-order valence-corrected chi connectivity index (χ3v) is 3.62. The van der Waals surface area contributed by atoms with Crippen LogP contribution in [0.5, 0.6) is 0 Å². The molecular formula is C14H16FNO4. The Morgan fingerprint density at radius 3 is 2.25 bits per heavy atom. The number of hydrogen-bond acceptors (Lipinski definition) is 3. The highest BCUT2D eigenvalue weighted by Crippen LogP contribution is 2.48. The molecule has 5 nitrogen and oxygen atoms in total. The highest BCUT2D eigenvalue weighted by Gasteiger charge is 2.52. The Morgan fingerprint density at radius 1 is 1.30 bits per heavy atom. The maximum atomic E-state index is 12.9. The van der Waals surface area contributed by atoms with Crippen LogP contribution in [0, 0.1) is 5.82 Å². The van der Waals surface area contributed by atoms with Gasteiger partial charge in [-0.15, -0.1) is 0 Å². The molecule has 20 heavy (non-hydrogen) atoms. The zero-order chi connectivity index (χ0) is 14.9. The van der Waals surface area contributed by atoms with E-state index < -0.39 is 35.3 Å². The number of aliphatic carboxylic acids is 1. The molecule has 0 aromatic heterocycles. The van der Waals surface area contributed by atoms with E-state index >= 15 is 0 Å². The Morgan fingerprint density at radius 2 is 1.85 bits per heavy atom. The van der Waals surface area contributed by atoms with Gasteiger partial charge in [-0.3, -0.25) is 4.79 Å². The smallest absolute Gasteiger partial charge is 0.328 e. The molecular weight excluding hydrogens is 265 g/mol. The molecule has 0 radical (unpaired) electrons. The average molecular weight is 281 g/mol. The molecule has 108 valence electrons. The second-order valence-corrected chi connectivity index (χ2v) is 5.12. The van der Waals surface area contributed by atoms with Crippen LogP contribution in [0.2, 0.25) is 0 Å². The number of halogens is 1. The Bertz CT molecular complexity index is 522. The molecule has 2 rings (SSSR count). The van der Waals surface area contributed by atoms with Gasteiger partial charge in [-0.25, -0.2) is 9.18 Å². The van der Waals surface area contributed by atoms with Crippen LogP contribution in [-0.4, -0.2) is 34.2 Å². The number of carboxylic acids is 1. The summed E-state index contributed by atoms with van der Waals surface area (Å²) in [5, 5.41) is 20.7. The molecule has 0 bridgehead atoms. The van der Waals surface area contributed by atoms with Crippen molar-refractivity contribution >= 4 is 11.9 Å². The molecule has 6 heteroatoms. The van der Waals surface area contributed by atoms with E-state index in [-0.39, 0.29) is 0 Å². The summed E-state index contributed by atoms with van der Waals surface area (Å²) in [6.07, 6.45) is -0.0341. The maximum Gasteiger partial charge on any atom is 0.328 e. The van der Waals surface area contributed by atoms with Crippen molar-refractivity contribution in [3.05, 3.63) is 35.6 Å². The van der Waals surface area contributed by atoms with Crippen LogP contribution in [-0.2, 0) is 15.0 Å². The molecule has 0 spiro atoms. The zero-order valence-corrected chi connectivity index (χ0v) is 11.0. The lowest BCUT2D eigenvalue weighted by atomic mass is 9.94. The van der Waals surface area contributed by atoms with Gasteiger partial charge in [-0.1, -0.05) is 12.1 Å². The van der Waals surface area contributed by atoms with Gasteiger partial charge in [-0.2, -0.15) is 0 Å². The van der Waals surface area contributed by atoms with Gasteiger partial charge in [0.1, 0.15) is 5.82 Å². The van der Waals surface area contributed by atoms with Gasteiger partial charge in [-0.05, 0) is 37.5 Å². The van der Waals surface area contributed by atoms with Gasteiger partial charge in [0.05, 0.1) is 11.5 Å². The second kappa shape index (κ2) is 5.20. The van der Waals surface area contributed by atoms with Gasteiger partial charge >= 0.3 is 5.97 Å². The average Bonchev–Trinajstić information content (AvgIpc) is 3.17. The minimum Gasteiger partial charge on any atom is -0.480 e. The Labute approximate surface area is 115 Å². The molecule has 1 aliphatic carbocycles. The molecule has 3 N–H and O–H groups in total. The molecule has 1 saturated carbocycles. The number of hydrogen-bond donors (Lipinski definition) is 3. The summed E-state index contributed by atoms with van der Waals surface area (Å²) >= 11 is 0. The first-order chi connectivity index (χ1) is 9.36. The Hall–Kier alpha value is -1.95. The molecule has 0 aliphatic heterocycles. The van der Waals surface area contributed by atoms with Crippen LogP contribution in [0.15, 0.2) is 24.3 Å². The number of benzene rings is 1. The highest BCUT2D eigenvalue weighted by molar-refractivity contribution is 5.94. The number of aliphatic hydroxyl groups is 1. The van der Waals surface area contributed by atoms with Gasteiger partial charge in [0.15, 0.2) is 6.04 Å². The maximum absolute atomic E-state index is 12.9. The van der Waals surface area contributed by atoms with E-state index in [0.717, 1.165) is 0 Å². The van der Waals surface area contributed by atoms with Gasteiger partial charge in [0, 0.05) is 0 Å². The van der Waals surface area contributed by atoms with E-state index in [9.17, 15) is 19.1 Å². The fourth-order valence-electron chi connectivity index (χ4n) is 2.21. The normalized spacial score (nSPS) is 18.9. The molecule has 0 saturated heterocycles. The SMILES string of the molecule is CC(O)C(NC(=O)C1(c2ccc(F)cc2)CC1)C(=O)O. The third-order valence-electron chi connectivity index (χ3n) is 3.62. The monoisotopic (exact) mass is 281 g/mol. The van der Waals surface area contributed by atoms with Crippen LogP contribution in [0.1, 0.15) is 25.3 Å². The Kier molecular flexibility index (Phi) is 3.76. The van der Waals surface area contributed by atoms with Crippen molar-refractivity contribution in [2.75, 3.05) is 0 Å². The molecule has 2 unspecified atom stereocenters.